The Morgan fingerprint density at radius 3 is 2.74 bits per heavy atom. The standard InChI is InChI=1S/C21H29N3O3/c1-2-21(26)24-12-13-27-16-18(24)14-20(25)22-15-17-8-4-5-9-19(17)23-10-6-3-7-11-23/h2,4-5,8-9,18H,1,3,6-7,10-16H2,(H,22,25). The molecule has 1 N–H and O–H groups in total. The molecular weight excluding hydrogens is 342 g/mol. The molecule has 6 nitrogen and oxygen atoms in total. The minimum atomic E-state index is -0.235. The van der Waals surface area contributed by atoms with Gasteiger partial charge in [0.15, 0.2) is 0 Å². The van der Waals surface area contributed by atoms with E-state index in [1.54, 1.807) is 4.90 Å². The number of ether oxygens (including phenoxy) is 1. The Hall–Kier alpha value is -2.34. The number of hydrogen-bond acceptors (Lipinski definition) is 4. The number of rotatable bonds is 6. The zero-order chi connectivity index (χ0) is 19.1. The second kappa shape index (κ2) is 9.55. The van der Waals surface area contributed by atoms with E-state index in [9.17, 15) is 9.59 Å². The second-order valence-corrected chi connectivity index (χ2v) is 7.12. The van der Waals surface area contributed by atoms with Crippen LogP contribution < -0.4 is 10.2 Å². The summed E-state index contributed by atoms with van der Waals surface area (Å²) < 4.78 is 5.45. The minimum absolute atomic E-state index is 0.0687. The van der Waals surface area contributed by atoms with Gasteiger partial charge < -0.3 is 19.9 Å². The molecule has 2 aliphatic rings. The van der Waals surface area contributed by atoms with Gasteiger partial charge in [-0.2, -0.15) is 0 Å². The van der Waals surface area contributed by atoms with E-state index in [0.717, 1.165) is 18.7 Å². The molecule has 0 radical (unpaired) electrons. The number of amides is 2. The topological polar surface area (TPSA) is 61.9 Å². The molecule has 1 aromatic rings. The fraction of sp³-hybridized carbons (Fsp3) is 0.524. The van der Waals surface area contributed by atoms with Gasteiger partial charge in [0.25, 0.3) is 0 Å². The Kier molecular flexibility index (Phi) is 6.87. The first-order valence-corrected chi connectivity index (χ1v) is 9.79. The normalized spacial score (nSPS) is 20.2. The molecule has 27 heavy (non-hydrogen) atoms. The molecule has 0 spiro atoms. The van der Waals surface area contributed by atoms with E-state index >= 15 is 0 Å². The van der Waals surface area contributed by atoms with Crippen molar-refractivity contribution in [3.05, 3.63) is 42.5 Å². The molecule has 2 heterocycles. The lowest BCUT2D eigenvalue weighted by atomic mass is 10.1. The Morgan fingerprint density at radius 2 is 1.96 bits per heavy atom. The van der Waals surface area contributed by atoms with Crippen LogP contribution in [0.5, 0.6) is 0 Å². The zero-order valence-electron chi connectivity index (χ0n) is 15.9. The number of nitrogens with zero attached hydrogens (tertiary/aromatic N) is 2. The molecule has 3 rings (SSSR count). The second-order valence-electron chi connectivity index (χ2n) is 7.12. The summed E-state index contributed by atoms with van der Waals surface area (Å²) in [5, 5.41) is 3.02. The molecule has 0 aromatic heterocycles. The number of morpholine rings is 1. The quantitative estimate of drug-likeness (QED) is 0.778. The predicted octanol–water partition coefficient (Wildman–Crippen LogP) is 2.10. The smallest absolute Gasteiger partial charge is 0.246 e. The maximum Gasteiger partial charge on any atom is 0.246 e. The van der Waals surface area contributed by atoms with Crippen LogP contribution in [0, 0.1) is 0 Å². The van der Waals surface area contributed by atoms with Gasteiger partial charge >= 0.3 is 0 Å². The summed E-state index contributed by atoms with van der Waals surface area (Å²) in [5.41, 5.74) is 2.34. The molecule has 0 saturated carbocycles. The summed E-state index contributed by atoms with van der Waals surface area (Å²) in [4.78, 5) is 28.5. The van der Waals surface area contributed by atoms with Crippen LogP contribution in [0.25, 0.3) is 0 Å². The van der Waals surface area contributed by atoms with Crippen molar-refractivity contribution in [1.82, 2.24) is 10.2 Å². The van der Waals surface area contributed by atoms with Gasteiger partial charge in [-0.3, -0.25) is 9.59 Å². The summed E-state index contributed by atoms with van der Waals surface area (Å²) in [6.45, 7) is 7.57. The monoisotopic (exact) mass is 371 g/mol. The largest absolute Gasteiger partial charge is 0.377 e. The van der Waals surface area contributed by atoms with E-state index in [-0.39, 0.29) is 24.3 Å². The van der Waals surface area contributed by atoms with E-state index in [1.165, 1.54) is 31.0 Å². The SMILES string of the molecule is C=CC(=O)N1CCOCC1CC(=O)NCc1ccccc1N1CCCCC1. The lowest BCUT2D eigenvalue weighted by molar-refractivity contribution is -0.137. The van der Waals surface area contributed by atoms with Crippen molar-refractivity contribution in [1.29, 1.82) is 0 Å². The van der Waals surface area contributed by atoms with Gasteiger partial charge in [0.2, 0.25) is 11.8 Å². The number of benzene rings is 1. The summed E-state index contributed by atoms with van der Waals surface area (Å²) in [6, 6.07) is 8.02. The molecule has 1 aromatic carbocycles. The van der Waals surface area contributed by atoms with Gasteiger partial charge in [0.1, 0.15) is 0 Å². The van der Waals surface area contributed by atoms with Crippen molar-refractivity contribution < 1.29 is 14.3 Å². The van der Waals surface area contributed by atoms with Crippen LogP contribution in [-0.4, -0.2) is 55.6 Å². The van der Waals surface area contributed by atoms with Gasteiger partial charge in [-0.25, -0.2) is 0 Å². The first kappa shape index (κ1) is 19.4. The summed E-state index contributed by atoms with van der Waals surface area (Å²) in [5.74, 6) is -0.215. The predicted molar refractivity (Wildman–Crippen MR) is 105 cm³/mol. The van der Waals surface area contributed by atoms with Crippen LogP contribution in [0.15, 0.2) is 36.9 Å². The van der Waals surface area contributed by atoms with E-state index in [4.69, 9.17) is 4.74 Å². The summed E-state index contributed by atoms with van der Waals surface area (Å²) in [6.07, 6.45) is 5.26. The van der Waals surface area contributed by atoms with Gasteiger partial charge in [-0.05, 0) is 37.0 Å². The van der Waals surface area contributed by atoms with Crippen LogP contribution in [0.4, 0.5) is 5.69 Å². The first-order valence-electron chi connectivity index (χ1n) is 9.79. The summed E-state index contributed by atoms with van der Waals surface area (Å²) in [7, 11) is 0. The maximum atomic E-state index is 12.5. The molecule has 0 bridgehead atoms. The van der Waals surface area contributed by atoms with E-state index in [1.807, 2.05) is 12.1 Å². The number of anilines is 1. The molecule has 1 unspecified atom stereocenters. The Balaban J connectivity index is 1.57. The van der Waals surface area contributed by atoms with Gasteiger partial charge in [0.05, 0.1) is 19.3 Å². The minimum Gasteiger partial charge on any atom is -0.377 e. The zero-order valence-corrected chi connectivity index (χ0v) is 15.9. The number of para-hydroxylation sites is 1. The van der Waals surface area contributed by atoms with E-state index < -0.39 is 0 Å². The van der Waals surface area contributed by atoms with E-state index in [0.29, 0.717) is 26.3 Å². The molecule has 2 fully saturated rings. The van der Waals surface area contributed by atoms with Crippen LogP contribution in [0.2, 0.25) is 0 Å². The van der Waals surface area contributed by atoms with Crippen molar-refractivity contribution in [3.8, 4) is 0 Å². The van der Waals surface area contributed by atoms with Crippen LogP contribution >= 0.6 is 0 Å². The molecule has 6 heteroatoms. The lowest BCUT2D eigenvalue weighted by Gasteiger charge is -2.34. The number of nitrogens with one attached hydrogen (secondary N) is 1. The number of carbonyl (C=O) groups excluding carboxylic acids is 2. The molecule has 146 valence electrons. The number of hydrogen-bond donors (Lipinski definition) is 1. The van der Waals surface area contributed by atoms with Gasteiger partial charge in [-0.15, -0.1) is 0 Å². The van der Waals surface area contributed by atoms with Crippen molar-refractivity contribution in [2.24, 2.45) is 0 Å². The Bertz CT molecular complexity index is 670. The Morgan fingerprint density at radius 1 is 1.19 bits per heavy atom. The lowest BCUT2D eigenvalue weighted by Crippen LogP contribution is -2.50. The highest BCUT2D eigenvalue weighted by Crippen LogP contribution is 2.24. The van der Waals surface area contributed by atoms with Crippen molar-refractivity contribution in [2.45, 2.75) is 38.3 Å². The molecule has 2 amide bonds. The highest BCUT2D eigenvalue weighted by Gasteiger charge is 2.27. The van der Waals surface area contributed by atoms with Gasteiger partial charge in [-0.1, -0.05) is 24.8 Å². The molecule has 1 atom stereocenters. The molecule has 2 saturated heterocycles. The van der Waals surface area contributed by atoms with Crippen molar-refractivity contribution in [2.75, 3.05) is 37.7 Å². The third-order valence-electron chi connectivity index (χ3n) is 5.27. The average Bonchev–Trinajstić information content (AvgIpc) is 2.73. The first-order chi connectivity index (χ1) is 13.2. The van der Waals surface area contributed by atoms with Crippen LogP contribution in [0.1, 0.15) is 31.2 Å². The number of piperidine rings is 1. The third-order valence-corrected chi connectivity index (χ3v) is 5.27. The number of carbonyl (C=O) groups is 2. The molecule has 0 aliphatic carbocycles. The van der Waals surface area contributed by atoms with Crippen LogP contribution in [0.3, 0.4) is 0 Å². The van der Waals surface area contributed by atoms with Crippen molar-refractivity contribution >= 4 is 17.5 Å². The van der Waals surface area contributed by atoms with Crippen LogP contribution in [-0.2, 0) is 20.9 Å². The highest BCUT2D eigenvalue weighted by atomic mass is 16.5. The van der Waals surface area contributed by atoms with E-state index in [2.05, 4.69) is 28.9 Å². The average molecular weight is 371 g/mol. The van der Waals surface area contributed by atoms with Crippen molar-refractivity contribution in [3.63, 3.8) is 0 Å². The Labute approximate surface area is 161 Å². The fourth-order valence-electron chi connectivity index (χ4n) is 3.81. The summed E-state index contributed by atoms with van der Waals surface area (Å²) >= 11 is 0. The maximum absolute atomic E-state index is 12.5. The van der Waals surface area contributed by atoms with Gasteiger partial charge in [0, 0.05) is 38.3 Å². The highest BCUT2D eigenvalue weighted by molar-refractivity contribution is 5.88. The molecular formula is C21H29N3O3. The molecule has 2 aliphatic heterocycles. The fourth-order valence-corrected chi connectivity index (χ4v) is 3.81. The third kappa shape index (κ3) is 5.10.